The first-order valence-electron chi connectivity index (χ1n) is 19.4. The lowest BCUT2D eigenvalue weighted by Crippen LogP contribution is -2.54. The molecule has 2 aliphatic heterocycles. The Bertz CT molecular complexity index is 2010. The summed E-state index contributed by atoms with van der Waals surface area (Å²) < 4.78 is 10.6. The van der Waals surface area contributed by atoms with Gasteiger partial charge in [-0.3, -0.25) is 9.69 Å². The van der Waals surface area contributed by atoms with E-state index in [0.29, 0.717) is 11.8 Å². The summed E-state index contributed by atoms with van der Waals surface area (Å²) >= 11 is 0. The second-order valence-electron chi connectivity index (χ2n) is 16.9. The van der Waals surface area contributed by atoms with Gasteiger partial charge in [0.25, 0.3) is 0 Å². The Morgan fingerprint density at radius 1 is 0.741 bits per heavy atom. The van der Waals surface area contributed by atoms with Crippen LogP contribution in [0, 0.1) is 17.8 Å². The molecule has 2 aromatic heterocycles. The zero-order chi connectivity index (χ0) is 37.9. The molecule has 7 atom stereocenters. The van der Waals surface area contributed by atoms with E-state index in [4.69, 9.17) is 19.4 Å². The number of rotatable bonds is 8. The van der Waals surface area contributed by atoms with Crippen LogP contribution in [-0.4, -0.2) is 78.7 Å². The first-order chi connectivity index (χ1) is 25.9. The average Bonchev–Trinajstić information content (AvgIpc) is 4.02. The molecule has 3 N–H and O–H groups in total. The molecule has 4 heterocycles. The molecule has 4 aliphatic rings. The molecule has 2 saturated heterocycles. The summed E-state index contributed by atoms with van der Waals surface area (Å²) in [5.74, 6) is 2.14. The van der Waals surface area contributed by atoms with Crippen LogP contribution in [0.2, 0.25) is 0 Å². The molecule has 0 unspecified atom stereocenters. The molecule has 3 amide bonds. The van der Waals surface area contributed by atoms with Gasteiger partial charge in [-0.1, -0.05) is 62.4 Å². The number of hydrogen-bond acceptors (Lipinski definition) is 7. The van der Waals surface area contributed by atoms with Gasteiger partial charge in [-0.25, -0.2) is 19.6 Å². The summed E-state index contributed by atoms with van der Waals surface area (Å²) in [7, 11) is 1.31. The minimum atomic E-state index is -0.670. The van der Waals surface area contributed by atoms with Crippen molar-refractivity contribution in [2.45, 2.75) is 109 Å². The number of nitrogens with zero attached hydrogens (tertiary/aromatic N) is 4. The van der Waals surface area contributed by atoms with Crippen molar-refractivity contribution in [1.82, 2.24) is 35.1 Å². The number of nitrogens with one attached hydrogen (secondary N) is 3. The number of alkyl carbamates (subject to hydrolysis) is 1. The van der Waals surface area contributed by atoms with E-state index in [1.54, 1.807) is 0 Å². The van der Waals surface area contributed by atoms with Crippen LogP contribution in [0.4, 0.5) is 9.59 Å². The summed E-state index contributed by atoms with van der Waals surface area (Å²) in [6.07, 6.45) is 8.91. The molecule has 12 heteroatoms. The number of imidazole rings is 2. The predicted molar refractivity (Wildman–Crippen MR) is 204 cm³/mol. The second kappa shape index (κ2) is 13.9. The maximum Gasteiger partial charge on any atom is 0.411 e. The highest BCUT2D eigenvalue weighted by atomic mass is 16.6. The molecular weight excluding hydrogens is 683 g/mol. The number of benzene rings is 2. The molecule has 284 valence electrons. The van der Waals surface area contributed by atoms with Gasteiger partial charge in [-0.2, -0.15) is 0 Å². The number of hydrogen-bond donors (Lipinski definition) is 3. The molecule has 2 saturated carbocycles. The lowest BCUT2D eigenvalue weighted by molar-refractivity contribution is -0.139. The quantitative estimate of drug-likeness (QED) is 0.166. The van der Waals surface area contributed by atoms with Crippen LogP contribution >= 0.6 is 0 Å². The van der Waals surface area contributed by atoms with Crippen LogP contribution in [0.15, 0.2) is 60.9 Å². The molecule has 54 heavy (non-hydrogen) atoms. The van der Waals surface area contributed by atoms with Crippen molar-refractivity contribution < 1.29 is 23.9 Å². The van der Waals surface area contributed by atoms with Crippen molar-refractivity contribution in [2.24, 2.45) is 17.8 Å². The fourth-order valence-corrected chi connectivity index (χ4v) is 9.39. The highest BCUT2D eigenvalue weighted by molar-refractivity contribution is 5.87. The third kappa shape index (κ3) is 6.64. The molecule has 4 aromatic rings. The number of fused-ring (bicyclic) bond motifs is 4. The fraction of sp³-hybridized carbons (Fsp3) is 0.500. The van der Waals surface area contributed by atoms with Crippen molar-refractivity contribution in [3.8, 4) is 33.6 Å². The number of likely N-dealkylation sites (tertiary alicyclic amines) is 2. The van der Waals surface area contributed by atoms with Gasteiger partial charge in [0.15, 0.2) is 0 Å². The van der Waals surface area contributed by atoms with Gasteiger partial charge in [-0.15, -0.1) is 0 Å². The molecule has 2 aliphatic carbocycles. The van der Waals surface area contributed by atoms with Gasteiger partial charge in [-0.05, 0) is 99.3 Å². The monoisotopic (exact) mass is 733 g/mol. The summed E-state index contributed by atoms with van der Waals surface area (Å²) in [5.41, 5.74) is 5.49. The Morgan fingerprint density at radius 2 is 1.20 bits per heavy atom. The third-order valence-electron chi connectivity index (χ3n) is 11.9. The molecule has 4 bridgehead atoms. The maximum atomic E-state index is 13.9. The lowest BCUT2D eigenvalue weighted by atomic mass is 9.95. The van der Waals surface area contributed by atoms with Gasteiger partial charge in [0.2, 0.25) is 5.91 Å². The summed E-state index contributed by atoms with van der Waals surface area (Å²) in [5, 5.41) is 2.76. The average molecular weight is 734 g/mol. The van der Waals surface area contributed by atoms with Crippen molar-refractivity contribution in [3.63, 3.8) is 0 Å². The minimum Gasteiger partial charge on any atom is -0.453 e. The summed E-state index contributed by atoms with van der Waals surface area (Å²) in [6.45, 7) is 9.58. The molecule has 12 nitrogen and oxygen atoms in total. The number of H-pyrrole nitrogens is 2. The number of piperidine rings is 2. The SMILES string of the molecule is COC(=O)N[C@H](C(=O)N1[C@@H]2CC[C@@H](C2)[C@H]1c1ncc(-c2ccc(-c3ccc(-c4cnc([C@@H]5[C@H]6CC[C@H](C6)N5C(=O)OC(C)(C)C)[nH]4)cc3)cc2)[nH]1)C(C)C. The van der Waals surface area contributed by atoms with E-state index in [0.717, 1.165) is 83.8 Å². The first-order valence-corrected chi connectivity index (χ1v) is 19.4. The van der Waals surface area contributed by atoms with E-state index in [2.05, 4.69) is 63.8 Å². The topological polar surface area (TPSA) is 146 Å². The molecule has 8 rings (SSSR count). The Labute approximate surface area is 316 Å². The van der Waals surface area contributed by atoms with Gasteiger partial charge in [0, 0.05) is 12.1 Å². The van der Waals surface area contributed by atoms with Crippen LogP contribution in [0.25, 0.3) is 33.6 Å². The highest BCUT2D eigenvalue weighted by Gasteiger charge is 2.52. The van der Waals surface area contributed by atoms with E-state index in [9.17, 15) is 14.4 Å². The lowest BCUT2D eigenvalue weighted by Gasteiger charge is -2.37. The summed E-state index contributed by atoms with van der Waals surface area (Å²) in [4.78, 5) is 59.7. The first kappa shape index (κ1) is 35.9. The van der Waals surface area contributed by atoms with Gasteiger partial charge < -0.3 is 29.7 Å². The van der Waals surface area contributed by atoms with Crippen molar-refractivity contribution >= 4 is 18.1 Å². The normalized spacial score (nSPS) is 25.0. The van der Waals surface area contributed by atoms with E-state index < -0.39 is 17.7 Å². The van der Waals surface area contributed by atoms with Crippen LogP contribution in [0.1, 0.15) is 96.9 Å². The second-order valence-corrected chi connectivity index (χ2v) is 16.9. The molecular formula is C42H51N7O5. The predicted octanol–water partition coefficient (Wildman–Crippen LogP) is 8.03. The van der Waals surface area contributed by atoms with Crippen LogP contribution in [0.3, 0.4) is 0 Å². The van der Waals surface area contributed by atoms with E-state index in [-0.39, 0.29) is 42.1 Å². The Morgan fingerprint density at radius 3 is 1.67 bits per heavy atom. The smallest absolute Gasteiger partial charge is 0.411 e. The van der Waals surface area contributed by atoms with Crippen molar-refractivity contribution in [2.75, 3.05) is 7.11 Å². The Kier molecular flexibility index (Phi) is 9.26. The number of carbonyl (C=O) groups excluding carboxylic acids is 3. The van der Waals surface area contributed by atoms with Gasteiger partial charge >= 0.3 is 12.2 Å². The Balaban J connectivity index is 0.953. The van der Waals surface area contributed by atoms with Gasteiger partial charge in [0.05, 0.1) is 43.0 Å². The maximum absolute atomic E-state index is 13.9. The largest absolute Gasteiger partial charge is 0.453 e. The highest BCUT2D eigenvalue weighted by Crippen LogP contribution is 2.51. The summed E-state index contributed by atoms with van der Waals surface area (Å²) in [6, 6.07) is 16.2. The minimum absolute atomic E-state index is 0.0839. The Hall–Kier alpha value is -5.13. The van der Waals surface area contributed by atoms with Gasteiger partial charge in [0.1, 0.15) is 23.3 Å². The zero-order valence-corrected chi connectivity index (χ0v) is 32.0. The van der Waals surface area contributed by atoms with E-state index in [1.807, 2.05) is 56.8 Å². The number of methoxy groups -OCH3 is 1. The number of aromatic amines is 2. The number of aromatic nitrogens is 4. The van der Waals surface area contributed by atoms with Crippen molar-refractivity contribution in [3.05, 3.63) is 72.6 Å². The van der Waals surface area contributed by atoms with E-state index >= 15 is 0 Å². The molecule has 0 spiro atoms. The number of amides is 3. The van der Waals surface area contributed by atoms with Crippen LogP contribution < -0.4 is 5.32 Å². The molecule has 0 radical (unpaired) electrons. The number of ether oxygens (including phenoxy) is 2. The molecule has 4 fully saturated rings. The standard InChI is InChI=1S/C42H51N7O5/c1-23(2)34(47-40(51)53-6)39(50)48-30-17-15-28(19-30)35(48)37-43-21-32(45-37)26-11-7-24(8-12-26)25-9-13-27(14-10-25)33-22-44-38(46-33)36-29-16-18-31(20-29)49(36)41(52)54-42(3,4)5/h7-14,21-23,28-31,34-36H,15-20H2,1-6H3,(H,43,45)(H,44,46)(H,47,51)/t28-,29-,30+,31+,34-,35-,36-/m0/s1. The third-order valence-corrected chi connectivity index (χ3v) is 11.9. The number of carbonyl (C=O) groups is 3. The molecule has 2 aromatic carbocycles. The van der Waals surface area contributed by atoms with Crippen LogP contribution in [0.5, 0.6) is 0 Å². The zero-order valence-electron chi connectivity index (χ0n) is 32.0. The van der Waals surface area contributed by atoms with E-state index in [1.165, 1.54) is 7.11 Å². The van der Waals surface area contributed by atoms with Crippen LogP contribution in [-0.2, 0) is 14.3 Å². The fourth-order valence-electron chi connectivity index (χ4n) is 9.39. The van der Waals surface area contributed by atoms with Crippen molar-refractivity contribution in [1.29, 1.82) is 0 Å².